The fourth-order valence-corrected chi connectivity index (χ4v) is 2.71. The third kappa shape index (κ3) is 6.26. The number of amides is 1. The van der Waals surface area contributed by atoms with E-state index in [1.807, 2.05) is 12.8 Å². The fraction of sp³-hybridized carbons (Fsp3) is 0.381. The number of carbonyl (C=O) groups is 3. The Balaban J connectivity index is 2.18. The van der Waals surface area contributed by atoms with Crippen LogP contribution in [0.4, 0.5) is 0 Å². The largest absolute Gasteiger partial charge is 0.489 e. The van der Waals surface area contributed by atoms with Crippen LogP contribution in [-0.2, 0) is 9.59 Å². The van der Waals surface area contributed by atoms with Gasteiger partial charge in [-0.05, 0) is 44.7 Å². The zero-order chi connectivity index (χ0) is 21.6. The number of carbonyl (C=O) groups excluding carboxylic acids is 2. The summed E-state index contributed by atoms with van der Waals surface area (Å²) in [7, 11) is 0. The van der Waals surface area contributed by atoms with Crippen LogP contribution in [-0.4, -0.2) is 36.0 Å². The van der Waals surface area contributed by atoms with Crippen molar-refractivity contribution in [2.45, 2.75) is 26.7 Å². The van der Waals surface area contributed by atoms with Crippen LogP contribution in [0.15, 0.2) is 23.9 Å². The summed E-state index contributed by atoms with van der Waals surface area (Å²) in [6.45, 7) is 4.16. The second kappa shape index (κ2) is 9.99. The van der Waals surface area contributed by atoms with Crippen molar-refractivity contribution in [3.05, 3.63) is 34.5 Å². The summed E-state index contributed by atoms with van der Waals surface area (Å²) >= 11 is 6.26. The summed E-state index contributed by atoms with van der Waals surface area (Å²) in [5, 5.41) is 11.7. The van der Waals surface area contributed by atoms with Gasteiger partial charge in [0.2, 0.25) is 0 Å². The molecule has 1 unspecified atom stereocenters. The van der Waals surface area contributed by atoms with E-state index in [2.05, 4.69) is 5.32 Å². The first-order valence-corrected chi connectivity index (χ1v) is 9.46. The van der Waals surface area contributed by atoms with Gasteiger partial charge in [-0.1, -0.05) is 17.5 Å². The number of aliphatic carboxylic acids is 1. The minimum absolute atomic E-state index is 0.145. The first kappa shape index (κ1) is 22.3. The summed E-state index contributed by atoms with van der Waals surface area (Å²) in [5.41, 5.74) is 0.350. The molecule has 1 aliphatic rings. The second-order valence-electron chi connectivity index (χ2n) is 6.59. The standard InChI is InChI=1S/C21H22ClNO6/c1-4-15(21(26)27)17(24)8-12(3)23-20(25)14-9-16(22)19(28-5-2)18(10-14)29-11-13-6-7-13/h1,8-10,13,15H,5-7,11H2,2-3H3,(H,23,25)(H,26,27)/b12-8+. The minimum Gasteiger partial charge on any atom is -0.489 e. The lowest BCUT2D eigenvalue weighted by Gasteiger charge is -2.15. The summed E-state index contributed by atoms with van der Waals surface area (Å²) in [4.78, 5) is 35.4. The van der Waals surface area contributed by atoms with Gasteiger partial charge in [0.25, 0.3) is 5.91 Å². The molecule has 154 valence electrons. The maximum absolute atomic E-state index is 12.6. The first-order chi connectivity index (χ1) is 13.8. The van der Waals surface area contributed by atoms with Gasteiger partial charge >= 0.3 is 5.97 Å². The van der Waals surface area contributed by atoms with E-state index in [1.54, 1.807) is 0 Å². The average molecular weight is 420 g/mol. The summed E-state index contributed by atoms with van der Waals surface area (Å²) in [6.07, 6.45) is 8.25. The molecule has 0 bridgehead atoms. The highest BCUT2D eigenvalue weighted by molar-refractivity contribution is 6.32. The molecule has 1 amide bonds. The smallest absolute Gasteiger partial charge is 0.326 e. The van der Waals surface area contributed by atoms with Gasteiger partial charge in [0.1, 0.15) is 0 Å². The van der Waals surface area contributed by atoms with Gasteiger partial charge in [-0.25, -0.2) is 0 Å². The van der Waals surface area contributed by atoms with E-state index in [1.165, 1.54) is 19.1 Å². The van der Waals surface area contributed by atoms with Crippen LogP contribution in [0.2, 0.25) is 5.02 Å². The molecule has 1 aliphatic carbocycles. The molecular weight excluding hydrogens is 398 g/mol. The molecule has 0 aromatic heterocycles. The Morgan fingerprint density at radius 2 is 2.07 bits per heavy atom. The number of halogens is 1. The van der Waals surface area contributed by atoms with E-state index in [0.29, 0.717) is 30.6 Å². The molecule has 1 fully saturated rings. The van der Waals surface area contributed by atoms with Gasteiger partial charge in [0, 0.05) is 17.3 Å². The minimum atomic E-state index is -1.61. The number of terminal acetylenes is 1. The van der Waals surface area contributed by atoms with Gasteiger partial charge in [-0.2, -0.15) is 0 Å². The van der Waals surface area contributed by atoms with Crippen molar-refractivity contribution in [1.82, 2.24) is 5.32 Å². The highest BCUT2D eigenvalue weighted by Crippen LogP contribution is 2.38. The number of carboxylic acid groups (broad SMARTS) is 1. The fourth-order valence-electron chi connectivity index (χ4n) is 2.44. The van der Waals surface area contributed by atoms with Crippen molar-refractivity contribution in [3.63, 3.8) is 0 Å². The van der Waals surface area contributed by atoms with Crippen molar-refractivity contribution >= 4 is 29.3 Å². The Kier molecular flexibility index (Phi) is 7.68. The van der Waals surface area contributed by atoms with Gasteiger partial charge in [-0.15, -0.1) is 6.42 Å². The van der Waals surface area contributed by atoms with Gasteiger partial charge in [-0.3, -0.25) is 14.4 Å². The lowest BCUT2D eigenvalue weighted by molar-refractivity contribution is -0.142. The lowest BCUT2D eigenvalue weighted by Crippen LogP contribution is -2.25. The average Bonchev–Trinajstić information content (AvgIpc) is 3.46. The number of rotatable bonds is 10. The number of carboxylic acids is 1. The lowest BCUT2D eigenvalue weighted by atomic mass is 10.0. The molecule has 29 heavy (non-hydrogen) atoms. The molecule has 1 atom stereocenters. The highest BCUT2D eigenvalue weighted by atomic mass is 35.5. The Morgan fingerprint density at radius 3 is 2.62 bits per heavy atom. The Bertz CT molecular complexity index is 882. The number of allylic oxidation sites excluding steroid dienone is 2. The highest BCUT2D eigenvalue weighted by Gasteiger charge is 2.24. The van der Waals surface area contributed by atoms with Crippen molar-refractivity contribution in [2.24, 2.45) is 11.8 Å². The molecule has 0 heterocycles. The van der Waals surface area contributed by atoms with Crippen molar-refractivity contribution in [2.75, 3.05) is 13.2 Å². The molecule has 2 rings (SSSR count). The maximum atomic E-state index is 12.6. The van der Waals surface area contributed by atoms with Crippen molar-refractivity contribution in [1.29, 1.82) is 0 Å². The third-order valence-corrected chi connectivity index (χ3v) is 4.38. The van der Waals surface area contributed by atoms with Crippen LogP contribution in [0.5, 0.6) is 11.5 Å². The van der Waals surface area contributed by atoms with E-state index in [4.69, 9.17) is 32.6 Å². The third-order valence-electron chi connectivity index (χ3n) is 4.10. The molecule has 1 aromatic carbocycles. The molecule has 1 aromatic rings. The number of ether oxygens (including phenoxy) is 2. The molecular formula is C21H22ClNO6. The van der Waals surface area contributed by atoms with Crippen LogP contribution in [0, 0.1) is 24.2 Å². The molecule has 1 saturated carbocycles. The summed E-state index contributed by atoms with van der Waals surface area (Å²) in [6, 6.07) is 2.95. The molecule has 0 aliphatic heterocycles. The van der Waals surface area contributed by atoms with E-state index in [-0.39, 0.29) is 16.3 Å². The number of hydrogen-bond acceptors (Lipinski definition) is 5. The van der Waals surface area contributed by atoms with Crippen LogP contribution in [0.3, 0.4) is 0 Å². The van der Waals surface area contributed by atoms with Crippen LogP contribution in [0.25, 0.3) is 0 Å². The van der Waals surface area contributed by atoms with Crippen LogP contribution >= 0.6 is 11.6 Å². The molecule has 8 heteroatoms. The number of benzene rings is 1. The Labute approximate surface area is 174 Å². The summed E-state index contributed by atoms with van der Waals surface area (Å²) in [5.74, 6) is -1.26. The molecule has 0 spiro atoms. The van der Waals surface area contributed by atoms with Gasteiger partial charge < -0.3 is 19.9 Å². The van der Waals surface area contributed by atoms with Gasteiger partial charge in [0.15, 0.2) is 23.2 Å². The van der Waals surface area contributed by atoms with Crippen molar-refractivity contribution in [3.8, 4) is 23.8 Å². The SMILES string of the molecule is C#CC(C(=O)O)C(=O)/C=C(\C)NC(=O)c1cc(Cl)c(OCC)c(OCC2CC2)c1. The number of nitrogens with one attached hydrogen (secondary N) is 1. The molecule has 7 nitrogen and oxygen atoms in total. The first-order valence-electron chi connectivity index (χ1n) is 9.08. The topological polar surface area (TPSA) is 102 Å². The van der Waals surface area contributed by atoms with Crippen molar-refractivity contribution < 1.29 is 29.0 Å². The number of ketones is 1. The predicted molar refractivity (Wildman–Crippen MR) is 107 cm³/mol. The van der Waals surface area contributed by atoms with Crippen LogP contribution in [0.1, 0.15) is 37.0 Å². The molecule has 0 radical (unpaired) electrons. The number of hydrogen-bond donors (Lipinski definition) is 2. The van der Waals surface area contributed by atoms with E-state index in [9.17, 15) is 14.4 Å². The van der Waals surface area contributed by atoms with Crippen LogP contribution < -0.4 is 14.8 Å². The molecule has 2 N–H and O–H groups in total. The zero-order valence-electron chi connectivity index (χ0n) is 16.2. The zero-order valence-corrected chi connectivity index (χ0v) is 16.9. The van der Waals surface area contributed by atoms with E-state index < -0.39 is 23.6 Å². The van der Waals surface area contributed by atoms with E-state index >= 15 is 0 Å². The quantitative estimate of drug-likeness (QED) is 0.343. The molecule has 0 saturated heterocycles. The van der Waals surface area contributed by atoms with E-state index in [0.717, 1.165) is 18.9 Å². The monoisotopic (exact) mass is 419 g/mol. The Morgan fingerprint density at radius 1 is 1.38 bits per heavy atom. The van der Waals surface area contributed by atoms with Gasteiger partial charge in [0.05, 0.1) is 18.2 Å². The predicted octanol–water partition coefficient (Wildman–Crippen LogP) is 3.06. The Hall–Kier alpha value is -2.98. The summed E-state index contributed by atoms with van der Waals surface area (Å²) < 4.78 is 11.3. The maximum Gasteiger partial charge on any atom is 0.326 e. The second-order valence-corrected chi connectivity index (χ2v) is 7.00. The normalized spacial score (nSPS) is 14.5.